The Hall–Kier alpha value is -1.56. The molecule has 2 aromatic rings. The van der Waals surface area contributed by atoms with E-state index in [2.05, 4.69) is 83.1 Å². The molecule has 0 spiro atoms. The first kappa shape index (κ1) is 16.9. The molecule has 4 unspecified atom stereocenters. The second-order valence-corrected chi connectivity index (χ2v) is 9.45. The van der Waals surface area contributed by atoms with E-state index in [4.69, 9.17) is 0 Å². The van der Waals surface area contributed by atoms with E-state index < -0.39 is 0 Å². The lowest BCUT2D eigenvalue weighted by molar-refractivity contribution is 0.305. The van der Waals surface area contributed by atoms with Gasteiger partial charge >= 0.3 is 0 Å². The minimum absolute atomic E-state index is 0.307. The largest absolute Gasteiger partial charge is 0.0645 e. The maximum absolute atomic E-state index is 2.52. The molecule has 0 bridgehead atoms. The molecule has 0 aliphatic heterocycles. The van der Waals surface area contributed by atoms with Crippen molar-refractivity contribution >= 4 is 0 Å². The number of hydrogen-bond acceptors (Lipinski definition) is 0. The molecule has 0 fully saturated rings. The Labute approximate surface area is 153 Å². The number of rotatable bonds is 3. The zero-order chi connectivity index (χ0) is 17.8. The SMILES string of the molecule is CCC1(C)CC(C(C)C2CC(C)(C)c3ccccc32)c2ccccc21. The van der Waals surface area contributed by atoms with E-state index in [1.54, 1.807) is 22.3 Å². The highest BCUT2D eigenvalue weighted by Crippen LogP contribution is 2.57. The first-order valence-electron chi connectivity index (χ1n) is 10.1. The molecule has 2 aromatic carbocycles. The lowest BCUT2D eigenvalue weighted by Crippen LogP contribution is -2.21. The molecular weight excluding hydrogens is 300 g/mol. The minimum atomic E-state index is 0.307. The van der Waals surface area contributed by atoms with Gasteiger partial charge in [0.2, 0.25) is 0 Å². The Bertz CT molecular complexity index is 784. The van der Waals surface area contributed by atoms with Gasteiger partial charge in [-0.25, -0.2) is 0 Å². The highest BCUT2D eigenvalue weighted by Gasteiger charge is 2.46. The molecule has 0 heteroatoms. The van der Waals surface area contributed by atoms with Crippen molar-refractivity contribution in [3.63, 3.8) is 0 Å². The first-order valence-corrected chi connectivity index (χ1v) is 10.1. The fourth-order valence-corrected chi connectivity index (χ4v) is 5.84. The van der Waals surface area contributed by atoms with Gasteiger partial charge in [-0.05, 0) is 70.1 Å². The van der Waals surface area contributed by atoms with Crippen LogP contribution in [0.4, 0.5) is 0 Å². The molecule has 0 nitrogen and oxygen atoms in total. The van der Waals surface area contributed by atoms with Crippen molar-refractivity contribution in [2.24, 2.45) is 5.92 Å². The summed E-state index contributed by atoms with van der Waals surface area (Å²) in [6.07, 6.45) is 3.83. The van der Waals surface area contributed by atoms with Crippen molar-refractivity contribution in [1.29, 1.82) is 0 Å². The molecule has 2 aliphatic carbocycles. The van der Waals surface area contributed by atoms with Gasteiger partial charge in [0.1, 0.15) is 0 Å². The van der Waals surface area contributed by atoms with Crippen LogP contribution in [-0.4, -0.2) is 0 Å². The summed E-state index contributed by atoms with van der Waals surface area (Å²) in [7, 11) is 0. The predicted molar refractivity (Wildman–Crippen MR) is 107 cm³/mol. The molecule has 0 saturated heterocycles. The quantitative estimate of drug-likeness (QED) is 0.571. The molecule has 0 heterocycles. The van der Waals surface area contributed by atoms with Gasteiger partial charge in [-0.15, -0.1) is 0 Å². The summed E-state index contributed by atoms with van der Waals surface area (Å²) >= 11 is 0. The van der Waals surface area contributed by atoms with Gasteiger partial charge in [-0.3, -0.25) is 0 Å². The highest BCUT2D eigenvalue weighted by molar-refractivity contribution is 5.46. The Kier molecular flexibility index (Phi) is 3.87. The van der Waals surface area contributed by atoms with Gasteiger partial charge in [-0.2, -0.15) is 0 Å². The van der Waals surface area contributed by atoms with Crippen LogP contribution in [0.1, 0.15) is 88.0 Å². The molecule has 0 N–H and O–H groups in total. The number of benzene rings is 2. The minimum Gasteiger partial charge on any atom is -0.0645 e. The Balaban J connectivity index is 1.73. The molecule has 0 amide bonds. The van der Waals surface area contributed by atoms with E-state index in [9.17, 15) is 0 Å². The molecule has 25 heavy (non-hydrogen) atoms. The summed E-state index contributed by atoms with van der Waals surface area (Å²) in [5.74, 6) is 2.06. The van der Waals surface area contributed by atoms with Crippen molar-refractivity contribution in [3.05, 3.63) is 70.8 Å². The Morgan fingerprint density at radius 3 is 2.00 bits per heavy atom. The van der Waals surface area contributed by atoms with Gasteiger partial charge in [0, 0.05) is 0 Å². The summed E-state index contributed by atoms with van der Waals surface area (Å²) in [6.45, 7) is 12.2. The molecule has 0 aromatic heterocycles. The van der Waals surface area contributed by atoms with Crippen LogP contribution in [0, 0.1) is 5.92 Å². The summed E-state index contributed by atoms with van der Waals surface area (Å²) in [6, 6.07) is 18.5. The molecule has 132 valence electrons. The van der Waals surface area contributed by atoms with Crippen LogP contribution < -0.4 is 0 Å². The maximum atomic E-state index is 2.52. The molecule has 2 aliphatic rings. The van der Waals surface area contributed by atoms with Crippen LogP contribution in [0.25, 0.3) is 0 Å². The zero-order valence-corrected chi connectivity index (χ0v) is 16.5. The van der Waals surface area contributed by atoms with Crippen LogP contribution in [0.3, 0.4) is 0 Å². The van der Waals surface area contributed by atoms with E-state index in [0.29, 0.717) is 28.6 Å². The normalized spacial score (nSPS) is 30.8. The average molecular weight is 333 g/mol. The fourth-order valence-electron chi connectivity index (χ4n) is 5.84. The molecule has 4 rings (SSSR count). The number of fused-ring (bicyclic) bond motifs is 2. The molecule has 4 atom stereocenters. The third-order valence-electron chi connectivity index (χ3n) is 7.55. The van der Waals surface area contributed by atoms with Gasteiger partial charge < -0.3 is 0 Å². The van der Waals surface area contributed by atoms with Gasteiger partial charge in [0.15, 0.2) is 0 Å². The van der Waals surface area contributed by atoms with E-state index >= 15 is 0 Å². The second-order valence-electron chi connectivity index (χ2n) is 9.45. The summed E-state index contributed by atoms with van der Waals surface area (Å²) in [5.41, 5.74) is 7.09. The average Bonchev–Trinajstić information content (AvgIpc) is 3.08. The van der Waals surface area contributed by atoms with Crippen LogP contribution >= 0.6 is 0 Å². The highest BCUT2D eigenvalue weighted by atomic mass is 14.5. The molecule has 0 radical (unpaired) electrons. The second kappa shape index (κ2) is 5.73. The first-order chi connectivity index (χ1) is 11.9. The summed E-state index contributed by atoms with van der Waals surface area (Å²) in [5, 5.41) is 0. The van der Waals surface area contributed by atoms with Crippen LogP contribution in [-0.2, 0) is 10.8 Å². The monoisotopic (exact) mass is 332 g/mol. The van der Waals surface area contributed by atoms with Gasteiger partial charge in [0.25, 0.3) is 0 Å². The standard InChI is InChI=1S/C25H32/c1-6-25(5)16-21(19-12-8-10-14-23(19)25)17(2)20-15-24(3,4)22-13-9-7-11-18(20)22/h7-14,17,20-21H,6,15-16H2,1-5H3. The predicted octanol–water partition coefficient (Wildman–Crippen LogP) is 6.94. The fraction of sp³-hybridized carbons (Fsp3) is 0.520. The van der Waals surface area contributed by atoms with E-state index in [-0.39, 0.29) is 0 Å². The van der Waals surface area contributed by atoms with Crippen molar-refractivity contribution in [2.75, 3.05) is 0 Å². The molecule has 0 saturated carbocycles. The molecular formula is C25H32. The van der Waals surface area contributed by atoms with E-state index in [1.807, 2.05) is 0 Å². The topological polar surface area (TPSA) is 0 Å². The van der Waals surface area contributed by atoms with Crippen LogP contribution in [0.5, 0.6) is 0 Å². The third kappa shape index (κ3) is 2.48. The lowest BCUT2D eigenvalue weighted by atomic mass is 9.74. The van der Waals surface area contributed by atoms with Gasteiger partial charge in [0.05, 0.1) is 0 Å². The number of hydrogen-bond donors (Lipinski definition) is 0. The van der Waals surface area contributed by atoms with Gasteiger partial charge in [-0.1, -0.05) is 83.1 Å². The summed E-state index contributed by atoms with van der Waals surface area (Å²) in [4.78, 5) is 0. The lowest BCUT2D eigenvalue weighted by Gasteiger charge is -2.30. The Morgan fingerprint density at radius 1 is 0.840 bits per heavy atom. The summed E-state index contributed by atoms with van der Waals surface area (Å²) < 4.78 is 0. The zero-order valence-electron chi connectivity index (χ0n) is 16.5. The maximum Gasteiger partial charge on any atom is -0.00691 e. The van der Waals surface area contributed by atoms with Crippen molar-refractivity contribution < 1.29 is 0 Å². The van der Waals surface area contributed by atoms with E-state index in [1.165, 1.54) is 19.3 Å². The van der Waals surface area contributed by atoms with E-state index in [0.717, 1.165) is 0 Å². The smallest absolute Gasteiger partial charge is 0.00691 e. The van der Waals surface area contributed by atoms with Crippen LogP contribution in [0.2, 0.25) is 0 Å². The van der Waals surface area contributed by atoms with Crippen molar-refractivity contribution in [2.45, 2.75) is 76.5 Å². The van der Waals surface area contributed by atoms with Crippen molar-refractivity contribution in [1.82, 2.24) is 0 Å². The Morgan fingerprint density at radius 2 is 1.36 bits per heavy atom. The van der Waals surface area contributed by atoms with Crippen molar-refractivity contribution in [3.8, 4) is 0 Å². The third-order valence-corrected chi connectivity index (χ3v) is 7.55. The van der Waals surface area contributed by atoms with Crippen LogP contribution in [0.15, 0.2) is 48.5 Å².